The number of ether oxygens (including phenoxy) is 1. The molecule has 0 atom stereocenters. The molecule has 1 aromatic heterocycles. The molecule has 2 N–H and O–H groups in total. The van der Waals surface area contributed by atoms with Crippen LogP contribution in [0.1, 0.15) is 42.2 Å². The van der Waals surface area contributed by atoms with E-state index in [9.17, 15) is 4.79 Å². The van der Waals surface area contributed by atoms with Gasteiger partial charge in [-0.25, -0.2) is 0 Å². The Hall–Kier alpha value is -1.49. The zero-order chi connectivity index (χ0) is 13.4. The molecule has 2 fully saturated rings. The number of nitrogen functional groups attached to an aromatic ring is 1. The lowest BCUT2D eigenvalue weighted by atomic mass is 10.3. The van der Waals surface area contributed by atoms with Gasteiger partial charge in [-0.1, -0.05) is 0 Å². The van der Waals surface area contributed by atoms with Crippen LogP contribution >= 0.6 is 0 Å². The Kier molecular flexibility index (Phi) is 3.22. The minimum absolute atomic E-state index is 0.100. The third-order valence-electron chi connectivity index (χ3n) is 3.81. The second kappa shape index (κ2) is 4.89. The normalized spacial score (nSPS) is 18.6. The van der Waals surface area contributed by atoms with E-state index in [0.717, 1.165) is 31.4 Å². The molecule has 19 heavy (non-hydrogen) atoms. The van der Waals surface area contributed by atoms with E-state index in [2.05, 4.69) is 4.57 Å². The van der Waals surface area contributed by atoms with E-state index in [1.807, 2.05) is 17.2 Å². The number of amides is 1. The second-order valence-electron chi connectivity index (χ2n) is 5.52. The number of aromatic nitrogens is 1. The molecular formula is C14H21N3O2. The Balaban J connectivity index is 1.80. The molecule has 0 saturated heterocycles. The highest BCUT2D eigenvalue weighted by Gasteiger charge is 2.35. The molecule has 0 unspecified atom stereocenters. The molecule has 5 heteroatoms. The van der Waals surface area contributed by atoms with Crippen LogP contribution < -0.4 is 5.73 Å². The van der Waals surface area contributed by atoms with Gasteiger partial charge in [0.05, 0.1) is 12.3 Å². The lowest BCUT2D eigenvalue weighted by Gasteiger charge is -2.22. The van der Waals surface area contributed by atoms with Crippen molar-refractivity contribution in [3.05, 3.63) is 18.0 Å². The van der Waals surface area contributed by atoms with E-state index < -0.39 is 0 Å². The summed E-state index contributed by atoms with van der Waals surface area (Å²) in [7, 11) is 1.67. The van der Waals surface area contributed by atoms with Gasteiger partial charge in [0, 0.05) is 31.9 Å². The first-order valence-electron chi connectivity index (χ1n) is 6.98. The molecule has 0 spiro atoms. The maximum atomic E-state index is 12.7. The van der Waals surface area contributed by atoms with Crippen molar-refractivity contribution in [2.45, 2.75) is 37.8 Å². The SMILES string of the molecule is COCCN(C(=O)c1cc(N)cn1C1CC1)C1CC1. The topological polar surface area (TPSA) is 60.5 Å². The third-order valence-corrected chi connectivity index (χ3v) is 3.81. The van der Waals surface area contributed by atoms with Crippen LogP contribution in [0, 0.1) is 0 Å². The van der Waals surface area contributed by atoms with Crippen LogP contribution in [0.2, 0.25) is 0 Å². The molecule has 0 bridgehead atoms. The van der Waals surface area contributed by atoms with Crippen LogP contribution in [0.5, 0.6) is 0 Å². The van der Waals surface area contributed by atoms with Crippen molar-refractivity contribution in [1.82, 2.24) is 9.47 Å². The summed E-state index contributed by atoms with van der Waals surface area (Å²) in [4.78, 5) is 14.6. The monoisotopic (exact) mass is 263 g/mol. The molecular weight excluding hydrogens is 242 g/mol. The zero-order valence-electron chi connectivity index (χ0n) is 11.3. The molecule has 0 aliphatic heterocycles. The summed E-state index contributed by atoms with van der Waals surface area (Å²) in [6.07, 6.45) is 6.41. The summed E-state index contributed by atoms with van der Waals surface area (Å²) >= 11 is 0. The summed E-state index contributed by atoms with van der Waals surface area (Å²) < 4.78 is 7.16. The van der Waals surface area contributed by atoms with Gasteiger partial charge >= 0.3 is 0 Å². The highest BCUT2D eigenvalue weighted by molar-refractivity contribution is 5.94. The largest absolute Gasteiger partial charge is 0.397 e. The first-order chi connectivity index (χ1) is 9.20. The van der Waals surface area contributed by atoms with Crippen LogP contribution in [0.15, 0.2) is 12.3 Å². The number of methoxy groups -OCH3 is 1. The quantitative estimate of drug-likeness (QED) is 0.849. The fourth-order valence-electron chi connectivity index (χ4n) is 2.50. The van der Waals surface area contributed by atoms with Crippen molar-refractivity contribution in [2.24, 2.45) is 0 Å². The number of rotatable bonds is 6. The molecule has 104 valence electrons. The molecule has 0 aromatic carbocycles. The van der Waals surface area contributed by atoms with E-state index in [-0.39, 0.29) is 5.91 Å². The number of carbonyl (C=O) groups is 1. The maximum Gasteiger partial charge on any atom is 0.270 e. The molecule has 2 saturated carbocycles. The van der Waals surface area contributed by atoms with E-state index in [4.69, 9.17) is 10.5 Å². The molecule has 3 rings (SSSR count). The lowest BCUT2D eigenvalue weighted by Crippen LogP contribution is -2.36. The summed E-state index contributed by atoms with van der Waals surface area (Å²) in [5, 5.41) is 0. The van der Waals surface area contributed by atoms with E-state index in [1.165, 1.54) is 0 Å². The summed E-state index contributed by atoms with van der Waals surface area (Å²) in [5.41, 5.74) is 7.28. The Morgan fingerprint density at radius 2 is 2.21 bits per heavy atom. The van der Waals surface area contributed by atoms with E-state index in [0.29, 0.717) is 30.9 Å². The van der Waals surface area contributed by atoms with Gasteiger partial charge in [-0.3, -0.25) is 4.79 Å². The van der Waals surface area contributed by atoms with Crippen molar-refractivity contribution in [1.29, 1.82) is 0 Å². The summed E-state index contributed by atoms with van der Waals surface area (Å²) in [6, 6.07) is 2.68. The number of anilines is 1. The zero-order valence-corrected chi connectivity index (χ0v) is 11.3. The van der Waals surface area contributed by atoms with Gasteiger partial charge < -0.3 is 19.9 Å². The molecule has 2 aliphatic carbocycles. The first kappa shape index (κ1) is 12.5. The Morgan fingerprint density at radius 3 is 2.79 bits per heavy atom. The third kappa shape index (κ3) is 2.61. The van der Waals surface area contributed by atoms with Gasteiger partial charge in [0.15, 0.2) is 0 Å². The van der Waals surface area contributed by atoms with Crippen LogP contribution in [-0.2, 0) is 4.74 Å². The van der Waals surface area contributed by atoms with Crippen molar-refractivity contribution < 1.29 is 9.53 Å². The fraction of sp³-hybridized carbons (Fsp3) is 0.643. The van der Waals surface area contributed by atoms with Gasteiger partial charge in [-0.05, 0) is 31.7 Å². The van der Waals surface area contributed by atoms with Crippen LogP contribution in [0.25, 0.3) is 0 Å². The van der Waals surface area contributed by atoms with Crippen molar-refractivity contribution in [2.75, 3.05) is 26.0 Å². The highest BCUT2D eigenvalue weighted by atomic mass is 16.5. The minimum Gasteiger partial charge on any atom is -0.397 e. The fourth-order valence-corrected chi connectivity index (χ4v) is 2.50. The van der Waals surface area contributed by atoms with Gasteiger partial charge in [-0.2, -0.15) is 0 Å². The average Bonchev–Trinajstić information content (AvgIpc) is 3.28. The molecule has 2 aliphatic rings. The minimum atomic E-state index is 0.100. The summed E-state index contributed by atoms with van der Waals surface area (Å²) in [5.74, 6) is 0.100. The molecule has 1 heterocycles. The van der Waals surface area contributed by atoms with Crippen LogP contribution in [0.3, 0.4) is 0 Å². The van der Waals surface area contributed by atoms with E-state index >= 15 is 0 Å². The highest BCUT2D eigenvalue weighted by Crippen LogP contribution is 2.38. The lowest BCUT2D eigenvalue weighted by molar-refractivity contribution is 0.0669. The number of nitrogens with zero attached hydrogens (tertiary/aromatic N) is 2. The van der Waals surface area contributed by atoms with Crippen molar-refractivity contribution >= 4 is 11.6 Å². The average molecular weight is 263 g/mol. The number of carbonyl (C=O) groups excluding carboxylic acids is 1. The van der Waals surface area contributed by atoms with Gasteiger partial charge in [0.2, 0.25) is 0 Å². The molecule has 5 nitrogen and oxygen atoms in total. The van der Waals surface area contributed by atoms with E-state index in [1.54, 1.807) is 7.11 Å². The summed E-state index contributed by atoms with van der Waals surface area (Å²) in [6.45, 7) is 1.25. The Labute approximate surface area is 113 Å². The van der Waals surface area contributed by atoms with Crippen molar-refractivity contribution in [3.8, 4) is 0 Å². The predicted molar refractivity (Wildman–Crippen MR) is 73.0 cm³/mol. The number of hydrogen-bond donors (Lipinski definition) is 1. The Morgan fingerprint density at radius 1 is 1.47 bits per heavy atom. The number of nitrogens with two attached hydrogens (primary N) is 1. The second-order valence-corrected chi connectivity index (χ2v) is 5.52. The van der Waals surface area contributed by atoms with Crippen LogP contribution in [-0.4, -0.2) is 41.7 Å². The smallest absolute Gasteiger partial charge is 0.270 e. The first-order valence-corrected chi connectivity index (χ1v) is 6.98. The number of hydrogen-bond acceptors (Lipinski definition) is 3. The van der Waals surface area contributed by atoms with Crippen LogP contribution in [0.4, 0.5) is 5.69 Å². The maximum absolute atomic E-state index is 12.7. The van der Waals surface area contributed by atoms with Crippen molar-refractivity contribution in [3.63, 3.8) is 0 Å². The van der Waals surface area contributed by atoms with Gasteiger partial charge in [0.25, 0.3) is 5.91 Å². The van der Waals surface area contributed by atoms with Gasteiger partial charge in [0.1, 0.15) is 5.69 Å². The Bertz CT molecular complexity index is 475. The molecule has 0 radical (unpaired) electrons. The molecule has 1 aromatic rings. The predicted octanol–water partition coefficient (Wildman–Crippen LogP) is 1.66. The standard InChI is InChI=1S/C14H21N3O2/c1-19-7-6-16(11-2-3-11)14(18)13-8-10(15)9-17(13)12-4-5-12/h8-9,11-12H,2-7,15H2,1H3. The van der Waals surface area contributed by atoms with Gasteiger partial charge in [-0.15, -0.1) is 0 Å². The molecule has 1 amide bonds.